The molecule has 0 heterocycles. The van der Waals surface area contributed by atoms with Gasteiger partial charge in [-0.3, -0.25) is 0 Å². The van der Waals surface area contributed by atoms with Gasteiger partial charge in [-0.1, -0.05) is 35.3 Å². The normalized spacial score (nSPS) is 19.2. The Hall–Kier alpha value is -0.488. The molecule has 4 heteroatoms. The molecular weight excluding hydrogens is 419 g/mol. The summed E-state index contributed by atoms with van der Waals surface area (Å²) >= 11 is 1.96. The van der Waals surface area contributed by atoms with Gasteiger partial charge >= 0.3 is 17.4 Å². The van der Waals surface area contributed by atoms with Crippen molar-refractivity contribution in [3.8, 4) is 0 Å². The molecule has 0 fully saturated rings. The first-order valence-electron chi connectivity index (χ1n) is 8.34. The smallest absolute Gasteiger partial charge is 1.00 e. The first kappa shape index (κ1) is 25.5. The fourth-order valence-electron chi connectivity index (χ4n) is 3.61. The Morgan fingerprint density at radius 1 is 0.885 bits per heavy atom. The monoisotopic (exact) mass is 443 g/mol. The van der Waals surface area contributed by atoms with Crippen LogP contribution < -0.4 is 24.8 Å². The van der Waals surface area contributed by atoms with Crippen molar-refractivity contribution >= 4 is 11.8 Å². The SMILES string of the molecule is CC1=C(C)C([C-]2C=CC=CC2CSc2ccccc2)C(C)=C1C.[Cl-].[Cl-].[Cr+3]. The van der Waals surface area contributed by atoms with E-state index in [1.54, 1.807) is 5.92 Å². The molecule has 139 valence electrons. The largest absolute Gasteiger partial charge is 3.00 e. The second kappa shape index (κ2) is 11.4. The molecular formula is C22H25Cl2CrS. The summed E-state index contributed by atoms with van der Waals surface area (Å²) < 4.78 is 0. The number of hydrogen-bond acceptors (Lipinski definition) is 1. The number of hydrogen-bond donors (Lipinski definition) is 0. The van der Waals surface area contributed by atoms with Gasteiger partial charge in [-0.05, 0) is 62.6 Å². The van der Waals surface area contributed by atoms with Crippen LogP contribution in [0.15, 0.2) is 81.8 Å². The van der Waals surface area contributed by atoms with E-state index in [1.807, 2.05) is 11.8 Å². The van der Waals surface area contributed by atoms with E-state index >= 15 is 0 Å². The van der Waals surface area contributed by atoms with Gasteiger partial charge in [0, 0.05) is 4.90 Å². The Bertz CT molecular complexity index is 680. The number of thioether (sulfide) groups is 1. The Kier molecular flexibility index (Phi) is 11.2. The summed E-state index contributed by atoms with van der Waals surface area (Å²) in [7, 11) is 0. The minimum atomic E-state index is 0. The van der Waals surface area contributed by atoms with Gasteiger partial charge < -0.3 is 24.8 Å². The van der Waals surface area contributed by atoms with Gasteiger partial charge in [-0.2, -0.15) is 5.92 Å². The maximum Gasteiger partial charge on any atom is 3.00 e. The third-order valence-corrected chi connectivity index (χ3v) is 6.42. The number of benzene rings is 1. The second-order valence-electron chi connectivity index (χ2n) is 6.52. The minimum Gasteiger partial charge on any atom is -1.00 e. The van der Waals surface area contributed by atoms with Gasteiger partial charge in [0.15, 0.2) is 0 Å². The van der Waals surface area contributed by atoms with Crippen LogP contribution in [0.3, 0.4) is 0 Å². The summed E-state index contributed by atoms with van der Waals surface area (Å²) in [5, 5.41) is 0. The number of halogens is 2. The molecule has 0 N–H and O–H groups in total. The topological polar surface area (TPSA) is 0 Å². The molecule has 0 bridgehead atoms. The molecule has 0 aromatic heterocycles. The van der Waals surface area contributed by atoms with E-state index in [0.29, 0.717) is 11.8 Å². The first-order chi connectivity index (χ1) is 11.1. The van der Waals surface area contributed by atoms with Gasteiger partial charge in [0.2, 0.25) is 0 Å². The van der Waals surface area contributed by atoms with Crippen LogP contribution in [0.1, 0.15) is 27.7 Å². The number of rotatable bonds is 4. The molecule has 0 saturated carbocycles. The molecule has 2 aliphatic rings. The Morgan fingerprint density at radius 3 is 2.04 bits per heavy atom. The van der Waals surface area contributed by atoms with Crippen LogP contribution in [-0.4, -0.2) is 5.75 Å². The molecule has 3 rings (SSSR count). The van der Waals surface area contributed by atoms with E-state index in [9.17, 15) is 0 Å². The van der Waals surface area contributed by atoms with E-state index in [4.69, 9.17) is 0 Å². The van der Waals surface area contributed by atoms with Crippen LogP contribution in [0.4, 0.5) is 0 Å². The maximum absolute atomic E-state index is 2.37. The summed E-state index contributed by atoms with van der Waals surface area (Å²) in [6.07, 6.45) is 9.11. The van der Waals surface area contributed by atoms with Crippen LogP contribution in [0.25, 0.3) is 0 Å². The van der Waals surface area contributed by atoms with E-state index in [-0.39, 0.29) is 42.2 Å². The van der Waals surface area contributed by atoms with Crippen molar-refractivity contribution in [1.82, 2.24) is 0 Å². The molecule has 0 nitrogen and oxygen atoms in total. The van der Waals surface area contributed by atoms with Crippen LogP contribution in [0, 0.1) is 17.8 Å². The van der Waals surface area contributed by atoms with Gasteiger partial charge in [0.1, 0.15) is 0 Å². The number of allylic oxidation sites excluding steroid dienone is 8. The summed E-state index contributed by atoms with van der Waals surface area (Å²) in [4.78, 5) is 1.35. The zero-order valence-corrected chi connectivity index (χ0v) is 19.2. The van der Waals surface area contributed by atoms with Gasteiger partial charge in [-0.15, -0.1) is 23.9 Å². The van der Waals surface area contributed by atoms with Crippen LogP contribution in [0.2, 0.25) is 0 Å². The average Bonchev–Trinajstić information content (AvgIpc) is 2.78. The van der Waals surface area contributed by atoms with Crippen molar-refractivity contribution in [3.05, 3.63) is 82.8 Å². The fraction of sp³-hybridized carbons (Fsp3) is 0.318. The fourth-order valence-corrected chi connectivity index (χ4v) is 4.64. The summed E-state index contributed by atoms with van der Waals surface area (Å²) in [5.41, 5.74) is 6.03. The van der Waals surface area contributed by atoms with Gasteiger partial charge in [0.25, 0.3) is 0 Å². The van der Waals surface area contributed by atoms with Crippen molar-refractivity contribution in [2.45, 2.75) is 32.6 Å². The first-order valence-corrected chi connectivity index (χ1v) is 9.32. The average molecular weight is 444 g/mol. The summed E-state index contributed by atoms with van der Waals surface area (Å²) in [6, 6.07) is 10.7. The van der Waals surface area contributed by atoms with Crippen molar-refractivity contribution < 1.29 is 42.2 Å². The molecule has 0 spiro atoms. The quantitative estimate of drug-likeness (QED) is 0.479. The van der Waals surface area contributed by atoms with Crippen molar-refractivity contribution in [2.24, 2.45) is 11.8 Å². The summed E-state index contributed by atoms with van der Waals surface area (Å²) in [6.45, 7) is 9.15. The predicted molar refractivity (Wildman–Crippen MR) is 102 cm³/mol. The van der Waals surface area contributed by atoms with Crippen LogP contribution in [0.5, 0.6) is 0 Å². The Morgan fingerprint density at radius 2 is 1.46 bits per heavy atom. The third-order valence-electron chi connectivity index (χ3n) is 5.29. The van der Waals surface area contributed by atoms with Crippen LogP contribution in [-0.2, 0) is 17.4 Å². The molecule has 26 heavy (non-hydrogen) atoms. The van der Waals surface area contributed by atoms with Crippen molar-refractivity contribution in [3.63, 3.8) is 0 Å². The Balaban J connectivity index is 0.00000208. The second-order valence-corrected chi connectivity index (χ2v) is 7.62. The molecule has 0 amide bonds. The zero-order valence-electron chi connectivity index (χ0n) is 15.6. The van der Waals surface area contributed by atoms with E-state index in [1.165, 1.54) is 27.2 Å². The standard InChI is InChI=1S/C22H25S.2ClH.Cr/c1-15-16(2)18(4)22(17(15)3)21-13-9-8-10-19(21)14-23-20-11-6-5-7-12-20;;;/h5-13,19,22H,14H2,1-4H3;2*1H;/q-1;;;+3/p-2. The van der Waals surface area contributed by atoms with Gasteiger partial charge in [-0.25, -0.2) is 12.2 Å². The molecule has 1 atom stereocenters. The minimum absolute atomic E-state index is 0. The van der Waals surface area contributed by atoms with E-state index in [2.05, 4.69) is 82.3 Å². The molecule has 0 aliphatic heterocycles. The predicted octanol–water partition coefficient (Wildman–Crippen LogP) is 0.403. The molecule has 1 aromatic rings. The van der Waals surface area contributed by atoms with E-state index in [0.717, 1.165) is 5.75 Å². The van der Waals surface area contributed by atoms with E-state index < -0.39 is 0 Å². The molecule has 1 radical (unpaired) electrons. The Labute approximate surface area is 186 Å². The van der Waals surface area contributed by atoms with Crippen LogP contribution >= 0.6 is 11.8 Å². The third kappa shape index (κ3) is 5.28. The van der Waals surface area contributed by atoms with Gasteiger partial charge in [0.05, 0.1) is 0 Å². The molecule has 1 aromatic carbocycles. The summed E-state index contributed by atoms with van der Waals surface area (Å²) in [5.74, 6) is 3.67. The maximum atomic E-state index is 2.37. The molecule has 0 saturated heterocycles. The van der Waals surface area contributed by atoms with Crippen molar-refractivity contribution in [1.29, 1.82) is 0 Å². The van der Waals surface area contributed by atoms with Crippen molar-refractivity contribution in [2.75, 3.05) is 5.75 Å². The molecule has 2 aliphatic carbocycles. The zero-order chi connectivity index (χ0) is 16.4. The molecule has 1 unspecified atom stereocenters.